The van der Waals surface area contributed by atoms with Crippen LogP contribution in [0.15, 0.2) is 27.6 Å². The Labute approximate surface area is 125 Å². The van der Waals surface area contributed by atoms with Crippen LogP contribution >= 0.6 is 27.7 Å². The van der Waals surface area contributed by atoms with E-state index in [1.165, 1.54) is 11.8 Å². The van der Waals surface area contributed by atoms with E-state index in [1.807, 2.05) is 13.8 Å². The molecular weight excluding hydrogens is 332 g/mol. The molecule has 106 valence electrons. The fraction of sp³-hybridized carbons (Fsp3) is 0.462. The average Bonchev–Trinajstić information content (AvgIpc) is 2.33. The topological polar surface area (TPSA) is 66.8 Å². The summed E-state index contributed by atoms with van der Waals surface area (Å²) in [6.07, 6.45) is -0.548. The normalized spacial score (nSPS) is 12.7. The molecule has 0 spiro atoms. The molecule has 1 aromatic rings. The summed E-state index contributed by atoms with van der Waals surface area (Å²) >= 11 is 4.62. The molecule has 0 bridgehead atoms. The summed E-state index contributed by atoms with van der Waals surface area (Å²) in [6, 6.07) is 4.97. The summed E-state index contributed by atoms with van der Waals surface area (Å²) in [5.74, 6) is -0.577. The monoisotopic (exact) mass is 348 g/mol. The van der Waals surface area contributed by atoms with Crippen LogP contribution < -0.4 is 0 Å². The van der Waals surface area contributed by atoms with Crippen LogP contribution in [0.2, 0.25) is 0 Å². The van der Waals surface area contributed by atoms with Gasteiger partial charge in [0.15, 0.2) is 0 Å². The first-order valence-electron chi connectivity index (χ1n) is 5.85. The highest BCUT2D eigenvalue weighted by Crippen LogP contribution is 2.27. The second kappa shape index (κ2) is 7.89. The molecule has 2 N–H and O–H groups in total. The zero-order valence-electron chi connectivity index (χ0n) is 10.8. The lowest BCUT2D eigenvalue weighted by Gasteiger charge is -2.14. The number of aromatic carboxylic acids is 1. The molecule has 0 saturated carbocycles. The van der Waals surface area contributed by atoms with Gasteiger partial charge in [-0.15, -0.1) is 11.8 Å². The second-order valence-electron chi connectivity index (χ2n) is 4.29. The Balaban J connectivity index is 2.61. The van der Waals surface area contributed by atoms with Crippen molar-refractivity contribution in [1.29, 1.82) is 0 Å². The van der Waals surface area contributed by atoms with Gasteiger partial charge < -0.3 is 14.9 Å². The average molecular weight is 349 g/mol. The van der Waals surface area contributed by atoms with E-state index < -0.39 is 12.1 Å². The number of aliphatic hydroxyl groups excluding tert-OH is 1. The van der Waals surface area contributed by atoms with Crippen molar-refractivity contribution in [1.82, 2.24) is 0 Å². The lowest BCUT2D eigenvalue weighted by molar-refractivity contribution is 0.0152. The molecule has 0 aliphatic heterocycles. The number of rotatable bonds is 7. The van der Waals surface area contributed by atoms with Crippen molar-refractivity contribution in [2.45, 2.75) is 31.0 Å². The summed E-state index contributed by atoms with van der Waals surface area (Å²) in [5.41, 5.74) is 0.241. The minimum absolute atomic E-state index is 0.0695. The van der Waals surface area contributed by atoms with E-state index in [0.29, 0.717) is 10.6 Å². The molecule has 0 fully saturated rings. The number of benzene rings is 1. The zero-order chi connectivity index (χ0) is 14.4. The Hall–Kier alpha value is -0.560. The summed E-state index contributed by atoms with van der Waals surface area (Å²) in [4.78, 5) is 11.7. The molecule has 0 heterocycles. The molecule has 0 amide bonds. The Kier molecular flexibility index (Phi) is 6.85. The van der Waals surface area contributed by atoms with Crippen molar-refractivity contribution in [3.8, 4) is 0 Å². The molecule has 0 aromatic heterocycles. The van der Waals surface area contributed by atoms with Crippen molar-refractivity contribution in [3.05, 3.63) is 28.2 Å². The molecule has 1 atom stereocenters. The van der Waals surface area contributed by atoms with E-state index >= 15 is 0 Å². The SMILES string of the molecule is CC(C)OCC(O)CSc1cc(Br)ccc1C(=O)O. The van der Waals surface area contributed by atoms with Crippen LogP contribution in [-0.4, -0.2) is 40.8 Å². The number of carbonyl (C=O) groups is 1. The van der Waals surface area contributed by atoms with Gasteiger partial charge in [-0.25, -0.2) is 4.79 Å². The number of aliphatic hydroxyl groups is 1. The molecular formula is C13H17BrO4S. The third-order valence-electron chi connectivity index (χ3n) is 2.23. The second-order valence-corrected chi connectivity index (χ2v) is 6.27. The first-order valence-corrected chi connectivity index (χ1v) is 7.63. The predicted octanol–water partition coefficient (Wildman–Crippen LogP) is 3.03. The maximum atomic E-state index is 11.1. The van der Waals surface area contributed by atoms with E-state index in [0.717, 1.165) is 4.47 Å². The molecule has 6 heteroatoms. The van der Waals surface area contributed by atoms with Crippen molar-refractivity contribution < 1.29 is 19.7 Å². The van der Waals surface area contributed by atoms with Crippen LogP contribution in [0.4, 0.5) is 0 Å². The minimum Gasteiger partial charge on any atom is -0.478 e. The lowest BCUT2D eigenvalue weighted by atomic mass is 10.2. The van der Waals surface area contributed by atoms with Gasteiger partial charge in [-0.1, -0.05) is 15.9 Å². The Morgan fingerprint density at radius 2 is 2.16 bits per heavy atom. The van der Waals surface area contributed by atoms with Gasteiger partial charge in [-0.2, -0.15) is 0 Å². The maximum absolute atomic E-state index is 11.1. The molecule has 0 aliphatic carbocycles. The van der Waals surface area contributed by atoms with E-state index in [2.05, 4.69) is 15.9 Å². The van der Waals surface area contributed by atoms with Crippen molar-refractivity contribution in [2.24, 2.45) is 0 Å². The summed E-state index contributed by atoms with van der Waals surface area (Å²) in [5, 5.41) is 18.8. The van der Waals surface area contributed by atoms with Gasteiger partial charge in [0.2, 0.25) is 0 Å². The van der Waals surface area contributed by atoms with Crippen LogP contribution in [0.5, 0.6) is 0 Å². The number of thioether (sulfide) groups is 1. The fourth-order valence-corrected chi connectivity index (χ4v) is 2.83. The van der Waals surface area contributed by atoms with E-state index in [9.17, 15) is 9.90 Å². The highest BCUT2D eigenvalue weighted by molar-refractivity contribution is 9.10. The van der Waals surface area contributed by atoms with E-state index in [4.69, 9.17) is 9.84 Å². The number of hydrogen-bond acceptors (Lipinski definition) is 4. The Morgan fingerprint density at radius 1 is 1.47 bits per heavy atom. The number of carboxylic acid groups (broad SMARTS) is 1. The number of hydrogen-bond donors (Lipinski definition) is 2. The van der Waals surface area contributed by atoms with E-state index in [-0.39, 0.29) is 18.3 Å². The van der Waals surface area contributed by atoms with Crippen LogP contribution in [0, 0.1) is 0 Å². The molecule has 19 heavy (non-hydrogen) atoms. The number of ether oxygens (including phenoxy) is 1. The standard InChI is InChI=1S/C13H17BrO4S/c1-8(2)18-6-10(15)7-19-12-5-9(14)3-4-11(12)13(16)17/h3-5,8,10,15H,6-7H2,1-2H3,(H,16,17). The fourth-order valence-electron chi connectivity index (χ4n) is 1.33. The summed E-state index contributed by atoms with van der Waals surface area (Å²) < 4.78 is 6.12. The quantitative estimate of drug-likeness (QED) is 0.741. The Morgan fingerprint density at radius 3 is 2.74 bits per heavy atom. The van der Waals surface area contributed by atoms with Crippen LogP contribution in [0.1, 0.15) is 24.2 Å². The van der Waals surface area contributed by atoms with Crippen LogP contribution in [0.25, 0.3) is 0 Å². The third kappa shape index (κ3) is 5.95. The molecule has 0 radical (unpaired) electrons. The molecule has 0 saturated heterocycles. The minimum atomic E-state index is -0.970. The van der Waals surface area contributed by atoms with Crippen molar-refractivity contribution in [3.63, 3.8) is 0 Å². The van der Waals surface area contributed by atoms with Gasteiger partial charge in [0.1, 0.15) is 0 Å². The lowest BCUT2D eigenvalue weighted by Crippen LogP contribution is -2.20. The number of halogens is 1. The van der Waals surface area contributed by atoms with Gasteiger partial charge in [0.05, 0.1) is 24.4 Å². The van der Waals surface area contributed by atoms with Gasteiger partial charge in [-0.3, -0.25) is 0 Å². The molecule has 1 unspecified atom stereocenters. The molecule has 0 aliphatic rings. The summed E-state index contributed by atoms with van der Waals surface area (Å²) in [7, 11) is 0. The van der Waals surface area contributed by atoms with Crippen LogP contribution in [-0.2, 0) is 4.74 Å². The highest BCUT2D eigenvalue weighted by Gasteiger charge is 2.13. The van der Waals surface area contributed by atoms with Gasteiger partial charge in [0.25, 0.3) is 0 Å². The van der Waals surface area contributed by atoms with Crippen molar-refractivity contribution in [2.75, 3.05) is 12.4 Å². The third-order valence-corrected chi connectivity index (χ3v) is 3.92. The first kappa shape index (κ1) is 16.5. The highest BCUT2D eigenvalue weighted by atomic mass is 79.9. The van der Waals surface area contributed by atoms with Gasteiger partial charge >= 0.3 is 5.97 Å². The maximum Gasteiger partial charge on any atom is 0.336 e. The van der Waals surface area contributed by atoms with Crippen molar-refractivity contribution >= 4 is 33.7 Å². The summed E-state index contributed by atoms with van der Waals surface area (Å²) in [6.45, 7) is 4.05. The van der Waals surface area contributed by atoms with Gasteiger partial charge in [-0.05, 0) is 32.0 Å². The zero-order valence-corrected chi connectivity index (χ0v) is 13.2. The Bertz CT molecular complexity index is 437. The predicted molar refractivity (Wildman–Crippen MR) is 78.9 cm³/mol. The van der Waals surface area contributed by atoms with E-state index in [1.54, 1.807) is 18.2 Å². The number of carboxylic acids is 1. The smallest absolute Gasteiger partial charge is 0.336 e. The largest absolute Gasteiger partial charge is 0.478 e. The molecule has 4 nitrogen and oxygen atoms in total. The molecule has 1 rings (SSSR count). The van der Waals surface area contributed by atoms with Crippen LogP contribution in [0.3, 0.4) is 0 Å². The van der Waals surface area contributed by atoms with Gasteiger partial charge in [0, 0.05) is 15.1 Å². The molecule has 1 aromatic carbocycles. The first-order chi connectivity index (χ1) is 8.90.